The minimum absolute atomic E-state index is 0.892. The molecule has 0 unspecified atom stereocenters. The van der Waals surface area contributed by atoms with E-state index in [0.717, 1.165) is 27.7 Å². The number of aliphatic hydroxyl groups is 8. The van der Waals surface area contributed by atoms with Crippen LogP contribution in [0.4, 0.5) is 0 Å². The van der Waals surface area contributed by atoms with Crippen molar-refractivity contribution in [1.82, 2.24) is 21.9 Å². The fourth-order valence-corrected chi connectivity index (χ4v) is 9.60. The normalized spacial score (nSPS) is 40.4. The zero-order valence-electron chi connectivity index (χ0n) is 35.8. The fraction of sp³-hybridized carbons (Fsp3) is 0.875. The van der Waals surface area contributed by atoms with Gasteiger partial charge >= 0.3 is 15.6 Å². The number of carbonyl (C=O) groups excluding carboxylic acids is 4. The number of aliphatic hydroxyl groups excluding tert-OH is 8. The third kappa shape index (κ3) is 14.3. The van der Waals surface area contributed by atoms with E-state index in [1.807, 2.05) is 21.9 Å². The van der Waals surface area contributed by atoms with Gasteiger partial charge in [0.1, 0.15) is 48.8 Å². The number of ether oxygens (including phenoxy) is 4. The first kappa shape index (κ1) is 55.1. The van der Waals surface area contributed by atoms with Crippen LogP contribution in [0.3, 0.4) is 0 Å². The van der Waals surface area contributed by atoms with E-state index in [-0.39, 0.29) is 0 Å². The molecule has 4 fully saturated rings. The predicted molar refractivity (Wildman–Crippen MR) is 201 cm³/mol. The van der Waals surface area contributed by atoms with E-state index in [1.54, 1.807) is 0 Å². The summed E-state index contributed by atoms with van der Waals surface area (Å²) in [5.74, 6) is -3.57. The van der Waals surface area contributed by atoms with Gasteiger partial charge in [0.15, 0.2) is 24.4 Å². The third-order valence-electron chi connectivity index (χ3n) is 9.62. The Kier molecular flexibility index (Phi) is 19.7. The molecule has 0 aromatic rings. The van der Waals surface area contributed by atoms with Gasteiger partial charge < -0.3 is 59.8 Å². The molecule has 20 atom stereocenters. The Morgan fingerprint density at radius 3 is 0.738 bits per heavy atom. The minimum atomic E-state index is -6.21. The van der Waals surface area contributed by atoms with Crippen molar-refractivity contribution >= 4 is 39.3 Å². The van der Waals surface area contributed by atoms with Gasteiger partial charge in [-0.2, -0.15) is 4.31 Å². The number of nitrogens with one attached hydrogen (secondary N) is 4. The lowest BCUT2D eigenvalue weighted by atomic mass is 10.0. The Morgan fingerprint density at radius 2 is 0.569 bits per heavy atom. The number of carbonyl (C=O) groups is 4. The van der Waals surface area contributed by atoms with Crippen LogP contribution in [-0.4, -0.2) is 187 Å². The number of hydroxylamine groups is 4. The molecule has 4 aliphatic rings. The molecular formula is C32H56N4O27P2. The minimum Gasteiger partial charge on any atom is -0.388 e. The summed E-state index contributed by atoms with van der Waals surface area (Å²) in [6, 6.07) is 0. The van der Waals surface area contributed by atoms with Crippen molar-refractivity contribution in [2.75, 3.05) is 0 Å². The number of phosphoric ester groups is 2. The topological polar surface area (TPSA) is 432 Å². The van der Waals surface area contributed by atoms with E-state index in [1.165, 1.54) is 27.7 Å². The Morgan fingerprint density at radius 1 is 0.385 bits per heavy atom. The predicted octanol–water partition coefficient (Wildman–Crippen LogP) is -5.10. The molecule has 4 aliphatic heterocycles. The second kappa shape index (κ2) is 23.2. The van der Waals surface area contributed by atoms with Crippen molar-refractivity contribution in [2.24, 2.45) is 0 Å². The van der Waals surface area contributed by atoms with Crippen LogP contribution in [0.2, 0.25) is 0 Å². The summed E-state index contributed by atoms with van der Waals surface area (Å²) >= 11 is 0. The van der Waals surface area contributed by atoms with Gasteiger partial charge in [-0.25, -0.2) is 31.1 Å². The molecule has 4 saturated heterocycles. The van der Waals surface area contributed by atoms with Crippen molar-refractivity contribution in [3.05, 3.63) is 0 Å². The van der Waals surface area contributed by atoms with Gasteiger partial charge in [0.05, 0.1) is 24.4 Å². The Balaban J connectivity index is 1.92. The first-order valence-corrected chi connectivity index (χ1v) is 22.5. The SMILES string of the molecule is CC(=O)NO[C@H]1[C@@H](OP(=O)(O[C@H]2O[C@H](C)[C@@H](O)[C@H](O)[C@H]2ONC(C)=O)OP(=O)(O[C@H]2O[C@H](C)[C@@H](O)[C@H](O)[C@H]2ONC(C)=O)O[C@H]2O[C@H](C)[C@@H](O)[C@H](O)[C@H]2ONC(C)=O)O[C@H](C)[C@@H](O)[C@@H]1O. The third-order valence-corrected chi connectivity index (χ3v) is 13.1. The maximum atomic E-state index is 15.4. The second-order valence-electron chi connectivity index (χ2n) is 15.1. The summed E-state index contributed by atoms with van der Waals surface area (Å²) < 4.78 is 81.0. The Hall–Kier alpha value is -2.50. The molecule has 65 heavy (non-hydrogen) atoms. The molecule has 0 saturated carbocycles. The molecule has 33 heteroatoms. The molecule has 376 valence electrons. The van der Waals surface area contributed by atoms with Crippen LogP contribution < -0.4 is 21.9 Å². The first-order valence-electron chi connectivity index (χ1n) is 19.6. The monoisotopic (exact) mass is 990 g/mol. The van der Waals surface area contributed by atoms with Gasteiger partial charge in [0.2, 0.25) is 48.8 Å². The van der Waals surface area contributed by atoms with Gasteiger partial charge in [0, 0.05) is 27.7 Å². The molecule has 12 N–H and O–H groups in total. The van der Waals surface area contributed by atoms with Crippen LogP contribution in [0.25, 0.3) is 0 Å². The van der Waals surface area contributed by atoms with Crippen LogP contribution in [-0.2, 0) is 89.0 Å². The standard InChI is InChI=1S/C32H56N4O27P2/c1-9-17(41)21(45)25(55-33-13(5)37)29(51-9)59-64(49,60-30-26(56-34-14(6)38)22(46)18(42)10(2)52-30)63-65(50,61-31-27(57-35-15(7)39)23(47)19(43)11(3)53-31)62-32-28(58-36-16(8)40)24(48)20(44)12(4)54-32/h9-12,17-32,41-48H,1-8H3,(H,33,37)(H,34,38)(H,35,39)(H,36,40)/t9-,10-,11-,12-,17-,18-,19-,20-,21+,22+,23+,24+,25-,26-,27-,28-,29-,30-,31-,32-/m1/s1. The number of hydrogen-bond donors (Lipinski definition) is 12. The van der Waals surface area contributed by atoms with Gasteiger partial charge in [-0.1, -0.05) is 0 Å². The van der Waals surface area contributed by atoms with Crippen LogP contribution >= 0.6 is 15.6 Å². The summed E-state index contributed by atoms with van der Waals surface area (Å²) in [6.07, 6.45) is -39.1. The second-order valence-corrected chi connectivity index (χ2v) is 18.4. The maximum Gasteiger partial charge on any atom is 0.488 e. The molecule has 0 aliphatic carbocycles. The highest BCUT2D eigenvalue weighted by Crippen LogP contribution is 2.69. The molecule has 0 aromatic heterocycles. The Bertz CT molecular complexity index is 1510. The number of phosphoric acid groups is 2. The lowest BCUT2D eigenvalue weighted by molar-refractivity contribution is -0.309. The van der Waals surface area contributed by atoms with Crippen LogP contribution in [0.1, 0.15) is 55.4 Å². The van der Waals surface area contributed by atoms with E-state index in [0.29, 0.717) is 0 Å². The van der Waals surface area contributed by atoms with Gasteiger partial charge in [-0.3, -0.25) is 56.6 Å². The van der Waals surface area contributed by atoms with E-state index in [4.69, 9.17) is 60.7 Å². The van der Waals surface area contributed by atoms with E-state index < -0.39 is 162 Å². The van der Waals surface area contributed by atoms with Gasteiger partial charge in [-0.15, -0.1) is 0 Å². The molecular weight excluding hydrogens is 934 g/mol. The summed E-state index contributed by atoms with van der Waals surface area (Å²) in [5.41, 5.74) is 7.43. The molecule has 0 spiro atoms. The molecule has 0 aromatic carbocycles. The maximum absolute atomic E-state index is 15.4. The highest BCUT2D eigenvalue weighted by Gasteiger charge is 2.59. The average Bonchev–Trinajstić information content (AvgIpc) is 3.19. The highest BCUT2D eigenvalue weighted by atomic mass is 31.3. The molecule has 31 nitrogen and oxygen atoms in total. The summed E-state index contributed by atoms with van der Waals surface area (Å²) in [7, 11) is -12.4. The molecule has 0 radical (unpaired) electrons. The molecule has 4 rings (SSSR count). The van der Waals surface area contributed by atoms with Crippen LogP contribution in [0.5, 0.6) is 0 Å². The molecule has 4 heterocycles. The van der Waals surface area contributed by atoms with Gasteiger partial charge in [0.25, 0.3) is 0 Å². The van der Waals surface area contributed by atoms with Crippen molar-refractivity contribution < 1.29 is 130 Å². The van der Waals surface area contributed by atoms with Crippen molar-refractivity contribution in [1.29, 1.82) is 0 Å². The zero-order valence-corrected chi connectivity index (χ0v) is 37.6. The van der Waals surface area contributed by atoms with Gasteiger partial charge in [-0.05, 0) is 27.7 Å². The van der Waals surface area contributed by atoms with Crippen LogP contribution in [0.15, 0.2) is 0 Å². The zero-order chi connectivity index (χ0) is 48.9. The number of hydrogen-bond acceptors (Lipinski definition) is 27. The van der Waals surface area contributed by atoms with Crippen molar-refractivity contribution in [3.63, 3.8) is 0 Å². The van der Waals surface area contributed by atoms with Crippen LogP contribution in [0, 0.1) is 0 Å². The van der Waals surface area contributed by atoms with E-state index in [9.17, 15) is 60.0 Å². The summed E-state index contributed by atoms with van der Waals surface area (Å²) in [6.45, 7) is 8.56. The first-order chi connectivity index (χ1) is 30.2. The number of amides is 4. The molecule has 4 amide bonds. The fourth-order valence-electron chi connectivity index (χ4n) is 6.21. The van der Waals surface area contributed by atoms with Crippen molar-refractivity contribution in [2.45, 2.75) is 178 Å². The molecule has 0 bridgehead atoms. The van der Waals surface area contributed by atoms with Crippen molar-refractivity contribution in [3.8, 4) is 0 Å². The van der Waals surface area contributed by atoms with E-state index >= 15 is 9.13 Å². The summed E-state index contributed by atoms with van der Waals surface area (Å²) in [5, 5.41) is 86.5. The lowest BCUT2D eigenvalue weighted by Crippen LogP contribution is -2.60. The quantitative estimate of drug-likeness (QED) is 0.0451. The lowest BCUT2D eigenvalue weighted by Gasteiger charge is -2.44. The Labute approximate surface area is 369 Å². The van der Waals surface area contributed by atoms with E-state index in [2.05, 4.69) is 0 Å². The highest BCUT2D eigenvalue weighted by molar-refractivity contribution is 7.62. The largest absolute Gasteiger partial charge is 0.488 e. The number of rotatable bonds is 18. The smallest absolute Gasteiger partial charge is 0.388 e. The average molecular weight is 991 g/mol. The summed E-state index contributed by atoms with van der Waals surface area (Å²) in [4.78, 5) is 68.1.